The molecule has 0 saturated heterocycles. The molecule has 0 saturated carbocycles. The smallest absolute Gasteiger partial charge is 0.223 e. The topological polar surface area (TPSA) is 76.7 Å². The summed E-state index contributed by atoms with van der Waals surface area (Å²) < 4.78 is 5.09. The zero-order valence-electron chi connectivity index (χ0n) is 13.2. The highest BCUT2D eigenvalue weighted by atomic mass is 32.1. The van der Waals surface area contributed by atoms with Gasteiger partial charge in [-0.3, -0.25) is 0 Å². The van der Waals surface area contributed by atoms with Crippen molar-refractivity contribution in [1.82, 2.24) is 20.1 Å². The van der Waals surface area contributed by atoms with E-state index in [1.54, 1.807) is 18.3 Å². The Balaban J connectivity index is 1.99. The summed E-state index contributed by atoms with van der Waals surface area (Å²) in [6.45, 7) is 7.94. The van der Waals surface area contributed by atoms with E-state index in [0.717, 1.165) is 34.7 Å². The fourth-order valence-electron chi connectivity index (χ4n) is 2.33. The van der Waals surface area contributed by atoms with Gasteiger partial charge in [-0.1, -0.05) is 19.0 Å². The summed E-state index contributed by atoms with van der Waals surface area (Å²) in [4.78, 5) is 15.7. The van der Waals surface area contributed by atoms with Gasteiger partial charge in [-0.2, -0.15) is 4.98 Å². The average Bonchev–Trinajstić information content (AvgIpc) is 3.10. The van der Waals surface area contributed by atoms with E-state index >= 15 is 0 Å². The van der Waals surface area contributed by atoms with Crippen LogP contribution in [-0.2, 0) is 6.42 Å². The molecule has 1 N–H and O–H groups in total. The molecule has 0 spiro atoms. The number of fused-ring (bicyclic) bond motifs is 1. The molecule has 3 aromatic heterocycles. The molecule has 22 heavy (non-hydrogen) atoms. The molecule has 1 atom stereocenters. The predicted octanol–water partition coefficient (Wildman–Crippen LogP) is 3.82. The maximum Gasteiger partial charge on any atom is 0.223 e. The fraction of sp³-hybridized carbons (Fsp3) is 0.467. The first-order chi connectivity index (χ1) is 10.6. The molecule has 1 unspecified atom stereocenters. The number of rotatable bonds is 5. The molecule has 116 valence electrons. The number of hydrogen-bond donors (Lipinski definition) is 1. The average molecular weight is 317 g/mol. The van der Waals surface area contributed by atoms with Gasteiger partial charge in [0.2, 0.25) is 5.89 Å². The minimum atomic E-state index is -0.0278. The Kier molecular flexibility index (Phi) is 4.06. The second-order valence-corrected chi connectivity index (χ2v) is 6.30. The Hall–Kier alpha value is -2.02. The van der Waals surface area contributed by atoms with Gasteiger partial charge in [0.25, 0.3) is 0 Å². The second kappa shape index (κ2) is 6.00. The zero-order chi connectivity index (χ0) is 15.7. The maximum absolute atomic E-state index is 5.09. The van der Waals surface area contributed by atoms with Gasteiger partial charge in [-0.15, -0.1) is 11.3 Å². The SMILES string of the molecule is CCc1cc2c(NC(CC)c3noc(C)n3)nc(C)nc2s1. The summed E-state index contributed by atoms with van der Waals surface area (Å²) in [5, 5.41) is 8.53. The lowest BCUT2D eigenvalue weighted by molar-refractivity contribution is 0.384. The molecule has 0 amide bonds. The monoisotopic (exact) mass is 317 g/mol. The molecule has 0 aliphatic carbocycles. The molecular weight excluding hydrogens is 298 g/mol. The van der Waals surface area contributed by atoms with Crippen LogP contribution in [0.25, 0.3) is 10.2 Å². The quantitative estimate of drug-likeness (QED) is 0.771. The molecule has 0 radical (unpaired) electrons. The molecule has 6 nitrogen and oxygen atoms in total. The van der Waals surface area contributed by atoms with Crippen LogP contribution in [0.1, 0.15) is 48.7 Å². The second-order valence-electron chi connectivity index (χ2n) is 5.18. The minimum Gasteiger partial charge on any atom is -0.359 e. The van der Waals surface area contributed by atoms with E-state index in [0.29, 0.717) is 11.7 Å². The van der Waals surface area contributed by atoms with Crippen molar-refractivity contribution < 1.29 is 4.52 Å². The molecule has 7 heteroatoms. The van der Waals surface area contributed by atoms with Gasteiger partial charge in [-0.25, -0.2) is 9.97 Å². The number of anilines is 1. The van der Waals surface area contributed by atoms with E-state index in [1.165, 1.54) is 4.88 Å². The third kappa shape index (κ3) is 2.81. The van der Waals surface area contributed by atoms with Crippen molar-refractivity contribution in [3.8, 4) is 0 Å². The van der Waals surface area contributed by atoms with Crippen molar-refractivity contribution in [1.29, 1.82) is 0 Å². The number of aryl methyl sites for hydroxylation is 3. The predicted molar refractivity (Wildman–Crippen MR) is 87.2 cm³/mol. The van der Waals surface area contributed by atoms with E-state index in [2.05, 4.69) is 45.3 Å². The first-order valence-corrected chi connectivity index (χ1v) is 8.26. The zero-order valence-corrected chi connectivity index (χ0v) is 14.0. The summed E-state index contributed by atoms with van der Waals surface area (Å²) in [5.41, 5.74) is 0. The Bertz CT molecular complexity index is 794. The van der Waals surface area contributed by atoms with E-state index in [4.69, 9.17) is 4.52 Å². The Morgan fingerprint density at radius 2 is 2.05 bits per heavy atom. The van der Waals surface area contributed by atoms with Crippen LogP contribution in [0.3, 0.4) is 0 Å². The highest BCUT2D eigenvalue weighted by molar-refractivity contribution is 7.18. The van der Waals surface area contributed by atoms with Crippen LogP contribution in [-0.4, -0.2) is 20.1 Å². The summed E-state index contributed by atoms with van der Waals surface area (Å²) in [6.07, 6.45) is 1.84. The first kappa shape index (κ1) is 14.9. The van der Waals surface area contributed by atoms with Gasteiger partial charge in [0, 0.05) is 11.8 Å². The minimum absolute atomic E-state index is 0.0278. The summed E-state index contributed by atoms with van der Waals surface area (Å²) in [6, 6.07) is 2.13. The van der Waals surface area contributed by atoms with E-state index in [1.807, 2.05) is 6.92 Å². The highest BCUT2D eigenvalue weighted by Gasteiger charge is 2.18. The molecule has 0 fully saturated rings. The highest BCUT2D eigenvalue weighted by Crippen LogP contribution is 2.31. The summed E-state index contributed by atoms with van der Waals surface area (Å²) in [7, 11) is 0. The van der Waals surface area contributed by atoms with Crippen molar-refractivity contribution in [3.63, 3.8) is 0 Å². The molecular formula is C15H19N5OS. The van der Waals surface area contributed by atoms with Gasteiger partial charge < -0.3 is 9.84 Å². The van der Waals surface area contributed by atoms with Crippen molar-refractivity contribution in [2.45, 2.75) is 46.6 Å². The largest absolute Gasteiger partial charge is 0.359 e. The van der Waals surface area contributed by atoms with Crippen LogP contribution in [0.5, 0.6) is 0 Å². The van der Waals surface area contributed by atoms with E-state index in [9.17, 15) is 0 Å². The van der Waals surface area contributed by atoms with Gasteiger partial charge in [-0.05, 0) is 25.8 Å². The number of nitrogens with zero attached hydrogens (tertiary/aromatic N) is 4. The fourth-order valence-corrected chi connectivity index (χ4v) is 3.35. The van der Waals surface area contributed by atoms with Crippen LogP contribution in [0.15, 0.2) is 10.6 Å². The lowest BCUT2D eigenvalue weighted by Crippen LogP contribution is -2.13. The van der Waals surface area contributed by atoms with E-state index < -0.39 is 0 Å². The molecule has 3 heterocycles. The molecule has 0 aliphatic heterocycles. The van der Waals surface area contributed by atoms with Crippen LogP contribution in [0.2, 0.25) is 0 Å². The third-order valence-corrected chi connectivity index (χ3v) is 4.65. The Labute approximate surface area is 133 Å². The number of hydrogen-bond acceptors (Lipinski definition) is 7. The number of aromatic nitrogens is 4. The number of thiophene rings is 1. The molecule has 3 rings (SSSR count). The van der Waals surface area contributed by atoms with Gasteiger partial charge in [0.1, 0.15) is 16.5 Å². The van der Waals surface area contributed by atoms with Crippen molar-refractivity contribution in [2.75, 3.05) is 5.32 Å². The van der Waals surface area contributed by atoms with Crippen LogP contribution in [0, 0.1) is 13.8 Å². The van der Waals surface area contributed by atoms with Crippen LogP contribution < -0.4 is 5.32 Å². The molecule has 0 aliphatic rings. The molecule has 3 aromatic rings. The Morgan fingerprint density at radius 1 is 1.23 bits per heavy atom. The number of nitrogens with one attached hydrogen (secondary N) is 1. The van der Waals surface area contributed by atoms with Crippen molar-refractivity contribution in [3.05, 3.63) is 28.5 Å². The van der Waals surface area contributed by atoms with Gasteiger partial charge >= 0.3 is 0 Å². The van der Waals surface area contributed by atoms with Crippen molar-refractivity contribution in [2.24, 2.45) is 0 Å². The normalized spacial score (nSPS) is 12.7. The Morgan fingerprint density at radius 3 is 2.68 bits per heavy atom. The van der Waals surface area contributed by atoms with Gasteiger partial charge in [0.05, 0.1) is 11.4 Å². The summed E-state index contributed by atoms with van der Waals surface area (Å²) >= 11 is 1.72. The molecule has 0 aromatic carbocycles. The maximum atomic E-state index is 5.09. The van der Waals surface area contributed by atoms with Gasteiger partial charge in [0.15, 0.2) is 5.82 Å². The lowest BCUT2D eigenvalue weighted by atomic mass is 10.2. The van der Waals surface area contributed by atoms with Crippen LogP contribution >= 0.6 is 11.3 Å². The third-order valence-electron chi connectivity index (χ3n) is 3.48. The van der Waals surface area contributed by atoms with Crippen LogP contribution in [0.4, 0.5) is 5.82 Å². The molecule has 0 bridgehead atoms. The van der Waals surface area contributed by atoms with Crippen molar-refractivity contribution >= 4 is 27.4 Å². The van der Waals surface area contributed by atoms with E-state index in [-0.39, 0.29) is 6.04 Å². The first-order valence-electron chi connectivity index (χ1n) is 7.44. The standard InChI is InChI=1S/C15H19N5OS/c1-5-10-7-11-13(16-8(3)17-15(11)22-10)19-12(6-2)14-18-9(4)21-20-14/h7,12H,5-6H2,1-4H3,(H,16,17,19). The summed E-state index contributed by atoms with van der Waals surface area (Å²) in [5.74, 6) is 2.84. The lowest BCUT2D eigenvalue weighted by Gasteiger charge is -2.14.